The molecule has 1 aromatic carbocycles. The summed E-state index contributed by atoms with van der Waals surface area (Å²) in [6.07, 6.45) is 0. The van der Waals surface area contributed by atoms with E-state index in [1.54, 1.807) is 0 Å². The average Bonchev–Trinajstić information content (AvgIpc) is 2.12. The van der Waals surface area contributed by atoms with E-state index >= 15 is 0 Å². The van der Waals surface area contributed by atoms with Crippen LogP contribution in [0, 0.1) is 5.82 Å². The minimum absolute atomic E-state index is 0.0116. The van der Waals surface area contributed by atoms with Crippen LogP contribution >= 0.6 is 27.5 Å². The summed E-state index contributed by atoms with van der Waals surface area (Å²) in [6, 6.07) is 2.58. The highest BCUT2D eigenvalue weighted by Gasteiger charge is 2.24. The zero-order valence-corrected chi connectivity index (χ0v) is 10.1. The largest absolute Gasteiger partial charge is 0.301 e. The van der Waals surface area contributed by atoms with E-state index in [0.29, 0.717) is 0 Å². The lowest BCUT2D eigenvalue weighted by molar-refractivity contribution is 0.393. The molecule has 0 aliphatic rings. The van der Waals surface area contributed by atoms with Crippen molar-refractivity contribution in [2.24, 2.45) is 0 Å². The highest BCUT2D eigenvalue weighted by Crippen LogP contribution is 2.30. The zero-order chi connectivity index (χ0) is 10.9. The van der Waals surface area contributed by atoms with E-state index in [1.807, 2.05) is 0 Å². The van der Waals surface area contributed by atoms with E-state index in [1.165, 1.54) is 12.1 Å². The van der Waals surface area contributed by atoms with Gasteiger partial charge >= 0.3 is 10.1 Å². The van der Waals surface area contributed by atoms with Crippen LogP contribution < -0.4 is 0 Å². The third-order valence-electron chi connectivity index (χ3n) is 1.47. The first-order valence-corrected chi connectivity index (χ1v) is 5.92. The van der Waals surface area contributed by atoms with E-state index < -0.39 is 20.8 Å². The molecule has 0 aromatic heterocycles. The van der Waals surface area contributed by atoms with Gasteiger partial charge in [-0.3, -0.25) is 4.18 Å². The van der Waals surface area contributed by atoms with Crippen molar-refractivity contribution < 1.29 is 17.0 Å². The number of benzene rings is 1. The van der Waals surface area contributed by atoms with Gasteiger partial charge in [-0.15, -0.1) is 0 Å². The maximum absolute atomic E-state index is 13.4. The lowest BCUT2D eigenvalue weighted by atomic mass is 10.3. The lowest BCUT2D eigenvalue weighted by Crippen LogP contribution is -2.06. The third kappa shape index (κ3) is 2.08. The number of rotatable bonds is 2. The van der Waals surface area contributed by atoms with Crippen molar-refractivity contribution >= 4 is 37.6 Å². The second-order valence-corrected chi connectivity index (χ2v) is 5.20. The first-order valence-electron chi connectivity index (χ1n) is 3.34. The van der Waals surface area contributed by atoms with Gasteiger partial charge in [0.05, 0.1) is 16.6 Å². The van der Waals surface area contributed by atoms with Crippen LogP contribution in [0.15, 0.2) is 21.5 Å². The molecule has 0 spiro atoms. The van der Waals surface area contributed by atoms with Gasteiger partial charge in [-0.1, -0.05) is 11.6 Å². The summed E-state index contributed by atoms with van der Waals surface area (Å²) in [5, 5.41) is -0.215. The van der Waals surface area contributed by atoms with Crippen molar-refractivity contribution in [1.82, 2.24) is 0 Å². The predicted octanol–water partition coefficient (Wildman–Crippen LogP) is 2.58. The van der Waals surface area contributed by atoms with Gasteiger partial charge in [-0.25, -0.2) is 4.39 Å². The second-order valence-electron chi connectivity index (χ2n) is 2.29. The van der Waals surface area contributed by atoms with Crippen LogP contribution in [0.1, 0.15) is 0 Å². The average molecular weight is 304 g/mol. The molecule has 14 heavy (non-hydrogen) atoms. The molecule has 0 atom stereocenters. The molecule has 0 saturated carbocycles. The molecule has 0 aliphatic heterocycles. The Morgan fingerprint density at radius 3 is 2.57 bits per heavy atom. The Morgan fingerprint density at radius 1 is 1.50 bits per heavy atom. The second kappa shape index (κ2) is 4.14. The molecule has 0 fully saturated rings. The SMILES string of the molecule is COS(=O)(=O)c1c(Cl)ccc(Br)c1F. The van der Waals surface area contributed by atoms with Crippen LogP contribution in [0.25, 0.3) is 0 Å². The molecule has 0 N–H and O–H groups in total. The summed E-state index contributed by atoms with van der Waals surface area (Å²) in [5.74, 6) is -0.959. The van der Waals surface area contributed by atoms with E-state index in [-0.39, 0.29) is 9.50 Å². The van der Waals surface area contributed by atoms with Crippen molar-refractivity contribution in [3.05, 3.63) is 27.4 Å². The van der Waals surface area contributed by atoms with E-state index in [4.69, 9.17) is 11.6 Å². The van der Waals surface area contributed by atoms with Crippen LogP contribution in [0.4, 0.5) is 4.39 Å². The molecule has 7 heteroatoms. The monoisotopic (exact) mass is 302 g/mol. The Kier molecular flexibility index (Phi) is 3.52. The third-order valence-corrected chi connectivity index (χ3v) is 3.85. The van der Waals surface area contributed by atoms with Gasteiger partial charge in [0, 0.05) is 0 Å². The minimum atomic E-state index is -4.12. The molecular weight excluding hydrogens is 298 g/mol. The first-order chi connectivity index (χ1) is 6.40. The molecule has 1 aromatic rings. The van der Waals surface area contributed by atoms with Crippen LogP contribution in [-0.2, 0) is 14.3 Å². The Labute approximate surface area is 94.1 Å². The molecule has 0 heterocycles. The molecule has 3 nitrogen and oxygen atoms in total. The molecule has 0 radical (unpaired) electrons. The minimum Gasteiger partial charge on any atom is -0.270 e. The van der Waals surface area contributed by atoms with Gasteiger partial charge in [0.15, 0.2) is 5.82 Å². The van der Waals surface area contributed by atoms with Crippen LogP contribution in [0.3, 0.4) is 0 Å². The quantitative estimate of drug-likeness (QED) is 0.623. The molecule has 0 bridgehead atoms. The standard InChI is InChI=1S/C7H5BrClFO3S/c1-13-14(11,12)7-5(9)3-2-4(8)6(7)10/h2-3H,1H3. The Morgan fingerprint density at radius 2 is 2.07 bits per heavy atom. The fraction of sp³-hybridized carbons (Fsp3) is 0.143. The molecule has 0 unspecified atom stereocenters. The van der Waals surface area contributed by atoms with Crippen molar-refractivity contribution in [1.29, 1.82) is 0 Å². The van der Waals surface area contributed by atoms with Gasteiger partial charge in [-0.05, 0) is 28.1 Å². The fourth-order valence-electron chi connectivity index (χ4n) is 0.821. The van der Waals surface area contributed by atoms with Crippen LogP contribution in [-0.4, -0.2) is 15.5 Å². The molecule has 0 amide bonds. The predicted molar refractivity (Wildman–Crippen MR) is 53.3 cm³/mol. The maximum Gasteiger partial charge on any atom is 0.301 e. The van der Waals surface area contributed by atoms with Gasteiger partial charge in [0.2, 0.25) is 0 Å². The lowest BCUT2D eigenvalue weighted by Gasteiger charge is -2.06. The highest BCUT2D eigenvalue weighted by atomic mass is 79.9. The maximum atomic E-state index is 13.4. The van der Waals surface area contributed by atoms with E-state index in [9.17, 15) is 12.8 Å². The summed E-state index contributed by atoms with van der Waals surface area (Å²) in [6.45, 7) is 0. The van der Waals surface area contributed by atoms with Crippen molar-refractivity contribution in [2.45, 2.75) is 4.90 Å². The summed E-state index contributed by atoms with van der Waals surface area (Å²) in [7, 11) is -3.18. The highest BCUT2D eigenvalue weighted by molar-refractivity contribution is 9.10. The molecule has 78 valence electrons. The topological polar surface area (TPSA) is 43.4 Å². The Balaban J connectivity index is 3.56. The molecule has 0 saturated heterocycles. The van der Waals surface area contributed by atoms with Crippen LogP contribution in [0.2, 0.25) is 5.02 Å². The molecule has 0 aliphatic carbocycles. The van der Waals surface area contributed by atoms with Gasteiger partial charge in [-0.2, -0.15) is 8.42 Å². The van der Waals surface area contributed by atoms with E-state index in [0.717, 1.165) is 7.11 Å². The molecule has 1 rings (SSSR count). The Bertz CT molecular complexity index is 460. The summed E-state index contributed by atoms with van der Waals surface area (Å²) >= 11 is 8.39. The van der Waals surface area contributed by atoms with Crippen molar-refractivity contribution in [2.75, 3.05) is 7.11 Å². The van der Waals surface area contributed by atoms with Crippen molar-refractivity contribution in [3.8, 4) is 0 Å². The summed E-state index contributed by atoms with van der Waals surface area (Å²) in [5.41, 5.74) is 0. The first kappa shape index (κ1) is 11.9. The number of halogens is 3. The number of hydrogen-bond donors (Lipinski definition) is 0. The van der Waals surface area contributed by atoms with Gasteiger partial charge in [0.1, 0.15) is 4.90 Å². The van der Waals surface area contributed by atoms with E-state index in [2.05, 4.69) is 20.1 Å². The van der Waals surface area contributed by atoms with Crippen molar-refractivity contribution in [3.63, 3.8) is 0 Å². The number of hydrogen-bond acceptors (Lipinski definition) is 3. The fourth-order valence-corrected chi connectivity index (χ4v) is 2.52. The summed E-state index contributed by atoms with van der Waals surface area (Å²) in [4.78, 5) is -0.656. The van der Waals surface area contributed by atoms with Gasteiger partial charge < -0.3 is 0 Å². The van der Waals surface area contributed by atoms with Crippen LogP contribution in [0.5, 0.6) is 0 Å². The zero-order valence-electron chi connectivity index (χ0n) is 6.92. The molecular formula is C7H5BrClFO3S. The normalized spacial score (nSPS) is 11.7. The van der Waals surface area contributed by atoms with Gasteiger partial charge in [0.25, 0.3) is 0 Å². The summed E-state index contributed by atoms with van der Waals surface area (Å²) < 4.78 is 40.0. The Hall–Kier alpha value is -0.170. The smallest absolute Gasteiger partial charge is 0.270 e.